The van der Waals surface area contributed by atoms with Gasteiger partial charge in [-0.25, -0.2) is 30.7 Å². The maximum absolute atomic E-state index is 15.3. The Hall–Kier alpha value is -4.45. The molecule has 0 radical (unpaired) electrons. The number of anilines is 1. The summed E-state index contributed by atoms with van der Waals surface area (Å²) in [6.45, 7) is 1.53. The second kappa shape index (κ2) is 10.1. The van der Waals surface area contributed by atoms with E-state index in [0.717, 1.165) is 28.9 Å². The van der Waals surface area contributed by atoms with Crippen LogP contribution < -0.4 is 10.5 Å². The molecule has 42 heavy (non-hydrogen) atoms. The number of halogens is 4. The number of ketones is 1. The van der Waals surface area contributed by atoms with E-state index >= 15 is 4.39 Å². The number of hydrogen-bond acceptors (Lipinski definition) is 6. The first-order chi connectivity index (χ1) is 19.9. The molecule has 1 saturated carbocycles. The number of allylic oxidation sites excluding steroid dienone is 1. The minimum Gasteiger partial charge on any atom is -0.454 e. The highest BCUT2D eigenvalue weighted by molar-refractivity contribution is 7.91. The summed E-state index contributed by atoms with van der Waals surface area (Å²) in [7, 11) is -3.43. The van der Waals surface area contributed by atoms with Crippen molar-refractivity contribution < 1.29 is 35.5 Å². The fourth-order valence-corrected chi connectivity index (χ4v) is 6.78. The zero-order chi connectivity index (χ0) is 29.9. The average molecular weight is 598 g/mol. The fraction of sp³-hybridized carbons (Fsp3) is 0.200. The molecule has 6 rings (SSSR count). The SMILES string of the molecule is Cc1cc(Oc2cc(F)ccc2F)cc(F)c1-n1ncc(C(=O)C2=Cc3cc(F)c(CS(=O)(=O)C4CC4)cc3C2)c1N. The van der Waals surface area contributed by atoms with Gasteiger partial charge in [-0.15, -0.1) is 0 Å². The van der Waals surface area contributed by atoms with Gasteiger partial charge >= 0.3 is 0 Å². The summed E-state index contributed by atoms with van der Waals surface area (Å²) in [5.74, 6) is -4.61. The highest BCUT2D eigenvalue weighted by Gasteiger charge is 2.36. The van der Waals surface area contributed by atoms with Crippen molar-refractivity contribution in [2.45, 2.75) is 37.2 Å². The number of carbonyl (C=O) groups is 1. The molecular weight excluding hydrogens is 574 g/mol. The average Bonchev–Trinajstić information content (AvgIpc) is 3.62. The lowest BCUT2D eigenvalue weighted by Crippen LogP contribution is -2.11. The number of benzene rings is 3. The van der Waals surface area contributed by atoms with Crippen molar-refractivity contribution >= 4 is 27.5 Å². The Morgan fingerprint density at radius 3 is 2.52 bits per heavy atom. The quantitative estimate of drug-likeness (QED) is 0.197. The molecule has 2 N–H and O–H groups in total. The van der Waals surface area contributed by atoms with Crippen LogP contribution in [0.4, 0.5) is 23.4 Å². The molecule has 4 aromatic rings. The third-order valence-electron chi connectivity index (χ3n) is 7.31. The summed E-state index contributed by atoms with van der Waals surface area (Å²) in [4.78, 5) is 13.4. The van der Waals surface area contributed by atoms with Gasteiger partial charge in [0.25, 0.3) is 0 Å². The molecule has 0 aliphatic heterocycles. The molecule has 0 bridgehead atoms. The van der Waals surface area contributed by atoms with Crippen LogP contribution in [0.2, 0.25) is 0 Å². The zero-order valence-corrected chi connectivity index (χ0v) is 22.9. The van der Waals surface area contributed by atoms with E-state index < -0.39 is 55.6 Å². The smallest absolute Gasteiger partial charge is 0.194 e. The summed E-state index contributed by atoms with van der Waals surface area (Å²) >= 11 is 0. The number of aryl methyl sites for hydroxylation is 1. The number of nitrogens with two attached hydrogens (primary N) is 1. The number of nitrogen functional groups attached to an aromatic ring is 1. The number of fused-ring (bicyclic) bond motifs is 1. The second-order valence-corrected chi connectivity index (χ2v) is 12.7. The first kappa shape index (κ1) is 27.7. The summed E-state index contributed by atoms with van der Waals surface area (Å²) < 4.78 is 88.6. The van der Waals surface area contributed by atoms with Crippen LogP contribution in [-0.4, -0.2) is 29.2 Å². The fourth-order valence-electron chi connectivity index (χ4n) is 5.03. The molecular formula is C30H23F4N3O4S. The summed E-state index contributed by atoms with van der Waals surface area (Å²) in [5.41, 5.74) is 7.85. The van der Waals surface area contributed by atoms with Gasteiger partial charge in [0.15, 0.2) is 33.0 Å². The topological polar surface area (TPSA) is 104 Å². The number of Topliss-reactive ketones (excluding diaryl/α,β-unsaturated/α-hetero) is 1. The zero-order valence-electron chi connectivity index (χ0n) is 22.1. The highest BCUT2D eigenvalue weighted by Crippen LogP contribution is 2.36. The molecule has 2 aliphatic carbocycles. The van der Waals surface area contributed by atoms with E-state index in [2.05, 4.69) is 5.10 Å². The normalized spacial score (nSPS) is 14.5. The van der Waals surface area contributed by atoms with Crippen molar-refractivity contribution in [3.05, 3.63) is 105 Å². The Morgan fingerprint density at radius 2 is 1.81 bits per heavy atom. The summed E-state index contributed by atoms with van der Waals surface area (Å²) in [6.07, 6.45) is 4.01. The molecule has 1 aromatic heterocycles. The lowest BCUT2D eigenvalue weighted by molar-refractivity contribution is 0.103. The Morgan fingerprint density at radius 1 is 1.05 bits per heavy atom. The van der Waals surface area contributed by atoms with Gasteiger partial charge in [0, 0.05) is 29.7 Å². The van der Waals surface area contributed by atoms with E-state index in [-0.39, 0.29) is 45.9 Å². The van der Waals surface area contributed by atoms with E-state index in [0.29, 0.717) is 24.0 Å². The number of hydrogen-bond donors (Lipinski definition) is 1. The summed E-state index contributed by atoms with van der Waals surface area (Å²) in [5, 5.41) is 3.68. The predicted octanol–water partition coefficient (Wildman–Crippen LogP) is 6.01. The lowest BCUT2D eigenvalue weighted by atomic mass is 10.0. The van der Waals surface area contributed by atoms with E-state index in [9.17, 15) is 26.4 Å². The van der Waals surface area contributed by atoms with Crippen molar-refractivity contribution in [3.63, 3.8) is 0 Å². The molecule has 2 aliphatic rings. The van der Waals surface area contributed by atoms with Crippen molar-refractivity contribution in [1.29, 1.82) is 0 Å². The number of aromatic nitrogens is 2. The van der Waals surface area contributed by atoms with Crippen LogP contribution in [0.15, 0.2) is 54.2 Å². The molecule has 216 valence electrons. The Labute approximate surface area is 238 Å². The molecule has 0 unspecified atom stereocenters. The molecule has 0 spiro atoms. The molecule has 1 fully saturated rings. The van der Waals surface area contributed by atoms with Crippen molar-refractivity contribution in [3.8, 4) is 17.2 Å². The summed E-state index contributed by atoms with van der Waals surface area (Å²) in [6, 6.07) is 7.69. The highest BCUT2D eigenvalue weighted by atomic mass is 32.2. The first-order valence-electron chi connectivity index (χ1n) is 13.0. The van der Waals surface area contributed by atoms with Gasteiger partial charge in [0.05, 0.1) is 22.8 Å². The van der Waals surface area contributed by atoms with Gasteiger partial charge in [-0.1, -0.05) is 6.07 Å². The Balaban J connectivity index is 1.24. The van der Waals surface area contributed by atoms with E-state index in [1.807, 2.05) is 0 Å². The number of rotatable bonds is 8. The third-order valence-corrected chi connectivity index (χ3v) is 9.51. The number of carbonyl (C=O) groups excluding carboxylic acids is 1. The van der Waals surface area contributed by atoms with E-state index in [1.54, 1.807) is 0 Å². The van der Waals surface area contributed by atoms with Crippen LogP contribution in [0, 0.1) is 30.2 Å². The van der Waals surface area contributed by atoms with Crippen LogP contribution in [0.25, 0.3) is 11.8 Å². The van der Waals surface area contributed by atoms with Gasteiger partial charge in [-0.05, 0) is 66.8 Å². The van der Waals surface area contributed by atoms with Crippen LogP contribution in [-0.2, 0) is 22.0 Å². The van der Waals surface area contributed by atoms with Gasteiger partial charge in [0.2, 0.25) is 0 Å². The largest absolute Gasteiger partial charge is 0.454 e. The van der Waals surface area contributed by atoms with Gasteiger partial charge in [-0.3, -0.25) is 4.79 Å². The number of sulfone groups is 1. The van der Waals surface area contributed by atoms with Crippen LogP contribution in [0.5, 0.6) is 11.5 Å². The first-order valence-corrected chi connectivity index (χ1v) is 14.7. The Kier molecular flexibility index (Phi) is 6.68. The van der Waals surface area contributed by atoms with Crippen LogP contribution in [0.1, 0.15) is 45.5 Å². The Bertz CT molecular complexity index is 1910. The van der Waals surface area contributed by atoms with E-state index in [4.69, 9.17) is 10.5 Å². The number of nitrogens with zero attached hydrogens (tertiary/aromatic N) is 2. The molecule has 1 heterocycles. The van der Waals surface area contributed by atoms with Gasteiger partial charge in [-0.2, -0.15) is 5.10 Å². The predicted molar refractivity (Wildman–Crippen MR) is 147 cm³/mol. The van der Waals surface area contributed by atoms with Crippen molar-refractivity contribution in [1.82, 2.24) is 9.78 Å². The standard InChI is InChI=1S/C30H23F4N3O4S/c1-15-6-21(41-27-11-20(31)2-5-24(27)32)12-26(34)28(15)37-30(35)23(13-36-37)29(38)18-7-16-9-19(25(33)10-17(16)8-18)14-42(39,40)22-3-4-22/h2,5-6,8-13,22H,3-4,7,14,35H2,1H3. The maximum Gasteiger partial charge on any atom is 0.194 e. The molecule has 12 heteroatoms. The van der Waals surface area contributed by atoms with Crippen LogP contribution in [0.3, 0.4) is 0 Å². The molecule has 0 amide bonds. The minimum absolute atomic E-state index is 0.00739. The maximum atomic E-state index is 15.3. The number of ether oxygens (including phenoxy) is 1. The molecule has 3 aromatic carbocycles. The van der Waals surface area contributed by atoms with Crippen molar-refractivity contribution in [2.24, 2.45) is 0 Å². The van der Waals surface area contributed by atoms with Gasteiger partial charge in [0.1, 0.15) is 28.9 Å². The molecule has 0 atom stereocenters. The second-order valence-electron chi connectivity index (χ2n) is 10.4. The monoisotopic (exact) mass is 597 g/mol. The lowest BCUT2D eigenvalue weighted by Gasteiger charge is -2.13. The van der Waals surface area contributed by atoms with E-state index in [1.165, 1.54) is 37.4 Å². The molecule has 7 nitrogen and oxygen atoms in total. The minimum atomic E-state index is -3.43. The third kappa shape index (κ3) is 5.06. The van der Waals surface area contributed by atoms with Crippen molar-refractivity contribution in [2.75, 3.05) is 5.73 Å². The van der Waals surface area contributed by atoms with Crippen LogP contribution >= 0.6 is 0 Å². The van der Waals surface area contributed by atoms with Gasteiger partial charge < -0.3 is 10.5 Å². The molecule has 0 saturated heterocycles.